The molecule has 15 heteroatoms. The van der Waals surface area contributed by atoms with Crippen molar-refractivity contribution in [2.24, 2.45) is 11.8 Å². The van der Waals surface area contributed by atoms with Crippen molar-refractivity contribution in [3.05, 3.63) is 67.7 Å². The SMILES string of the molecule is CCCCCCC(C)(C)c1c(Cl)c(O)c2c(c1Cl)OC(C)(C)[C@@H]1CC=C(C(=O)O)C[C@@H]21.CCCCCCC(C)(C)c1cc(O)c2c(c1)OC(C)(C)[C@@H]1CC=C(C(=O)O)C[C@@H]21.O=S(=O)(Cl)Cl. The summed E-state index contributed by atoms with van der Waals surface area (Å²) in [5, 5.41) is 41.9. The number of phenols is 2. The van der Waals surface area contributed by atoms with Crippen LogP contribution < -0.4 is 9.47 Å². The summed E-state index contributed by atoms with van der Waals surface area (Å²) in [6.07, 6.45) is 17.0. The highest BCUT2D eigenvalue weighted by Gasteiger charge is 2.50. The number of rotatable bonds is 14. The van der Waals surface area contributed by atoms with Crippen molar-refractivity contribution in [3.63, 3.8) is 0 Å². The number of fused-ring (bicyclic) bond motifs is 6. The third-order valence-corrected chi connectivity index (χ3v) is 14.9. The van der Waals surface area contributed by atoms with E-state index in [4.69, 9.17) is 41.1 Å². The molecule has 2 aromatic carbocycles. The second-order valence-electron chi connectivity index (χ2n) is 20.6. The van der Waals surface area contributed by atoms with Gasteiger partial charge >= 0.3 is 20.2 Å². The van der Waals surface area contributed by atoms with E-state index in [2.05, 4.69) is 82.8 Å². The number of phenolic OH excluding ortho intramolecular Hbond substituents is 2. The summed E-state index contributed by atoms with van der Waals surface area (Å²) >= 11 is 13.7. The molecule has 0 fully saturated rings. The molecule has 0 unspecified atom stereocenters. The number of carboxylic acids is 2. The molecule has 0 radical (unpaired) electrons. The second kappa shape index (κ2) is 21.6. The number of aromatic hydroxyl groups is 2. The van der Waals surface area contributed by atoms with Crippen LogP contribution in [0.25, 0.3) is 0 Å². The molecule has 364 valence electrons. The Morgan fingerprint density at radius 3 is 1.62 bits per heavy atom. The van der Waals surface area contributed by atoms with Crippen molar-refractivity contribution < 1.29 is 47.9 Å². The molecule has 0 saturated carbocycles. The molecule has 0 saturated heterocycles. The van der Waals surface area contributed by atoms with Crippen LogP contribution in [0.5, 0.6) is 23.0 Å². The lowest BCUT2D eigenvalue weighted by Crippen LogP contribution is -2.46. The number of allylic oxidation sites excluding steroid dienone is 2. The van der Waals surface area contributed by atoms with Crippen molar-refractivity contribution in [1.82, 2.24) is 0 Å². The van der Waals surface area contributed by atoms with Crippen molar-refractivity contribution in [2.45, 2.75) is 193 Å². The third-order valence-electron chi connectivity index (χ3n) is 14.1. The van der Waals surface area contributed by atoms with E-state index in [0.29, 0.717) is 58.7 Å². The normalized spacial score (nSPS) is 21.7. The Morgan fingerprint density at radius 2 is 1.15 bits per heavy atom. The Balaban J connectivity index is 0.000000258. The van der Waals surface area contributed by atoms with E-state index < -0.39 is 31.4 Å². The third kappa shape index (κ3) is 13.2. The molecule has 2 heterocycles. The lowest BCUT2D eigenvalue weighted by atomic mass is 9.66. The van der Waals surface area contributed by atoms with Crippen molar-refractivity contribution in [3.8, 4) is 23.0 Å². The predicted octanol–water partition coefficient (Wildman–Crippen LogP) is 14.6. The van der Waals surface area contributed by atoms with Crippen LogP contribution in [0, 0.1) is 11.8 Å². The molecule has 4 aliphatic rings. The van der Waals surface area contributed by atoms with E-state index in [-0.39, 0.29) is 51.0 Å². The number of hydrogen-bond acceptors (Lipinski definition) is 8. The Hall–Kier alpha value is -2.83. The Labute approximate surface area is 406 Å². The van der Waals surface area contributed by atoms with Gasteiger partial charge in [-0.3, -0.25) is 0 Å². The maximum atomic E-state index is 11.6. The number of benzene rings is 2. The van der Waals surface area contributed by atoms with E-state index in [1.165, 1.54) is 38.5 Å². The fraction of sp³-hybridized carbons (Fsp3) is 0.640. The number of carboxylic acid groups (broad SMARTS) is 2. The van der Waals surface area contributed by atoms with Gasteiger partial charge in [0.25, 0.3) is 0 Å². The van der Waals surface area contributed by atoms with Gasteiger partial charge in [0.15, 0.2) is 0 Å². The zero-order chi connectivity index (χ0) is 49.0. The van der Waals surface area contributed by atoms with Gasteiger partial charge in [0.2, 0.25) is 0 Å². The highest BCUT2D eigenvalue weighted by Crippen LogP contribution is 2.60. The first-order valence-corrected chi connectivity index (χ1v) is 26.9. The quantitative estimate of drug-likeness (QED) is 0.106. The zero-order valence-electron chi connectivity index (χ0n) is 39.7. The smallest absolute Gasteiger partial charge is 0.331 e. The number of halogens is 4. The van der Waals surface area contributed by atoms with Crippen LogP contribution in [-0.2, 0) is 28.7 Å². The molecule has 4 atom stereocenters. The van der Waals surface area contributed by atoms with Gasteiger partial charge in [-0.2, -0.15) is 8.42 Å². The van der Waals surface area contributed by atoms with Crippen LogP contribution in [-0.4, -0.2) is 52.0 Å². The van der Waals surface area contributed by atoms with Crippen molar-refractivity contribution in [1.29, 1.82) is 0 Å². The average molecular weight is 1000 g/mol. The summed E-state index contributed by atoms with van der Waals surface area (Å²) in [5.74, 6) is -0.461. The first-order valence-electron chi connectivity index (χ1n) is 23.0. The van der Waals surface area contributed by atoms with Gasteiger partial charge in [-0.1, -0.05) is 128 Å². The molecule has 65 heavy (non-hydrogen) atoms. The molecule has 0 aromatic heterocycles. The monoisotopic (exact) mass is 1000 g/mol. The topological polar surface area (TPSA) is 168 Å². The van der Waals surface area contributed by atoms with Crippen molar-refractivity contribution >= 4 is 64.8 Å². The molecule has 0 spiro atoms. The summed E-state index contributed by atoms with van der Waals surface area (Å²) in [6.45, 7) is 21.2. The number of aliphatic carboxylic acids is 2. The number of ether oxygens (including phenoxy) is 2. The van der Waals surface area contributed by atoms with E-state index in [1.807, 2.05) is 26.0 Å². The first-order chi connectivity index (χ1) is 30.0. The van der Waals surface area contributed by atoms with Crippen LogP contribution in [0.15, 0.2) is 35.4 Å². The minimum atomic E-state index is -3.72. The molecule has 2 aliphatic heterocycles. The number of carbonyl (C=O) groups is 2. The summed E-state index contributed by atoms with van der Waals surface area (Å²) in [6, 6.07) is 3.97. The predicted molar refractivity (Wildman–Crippen MR) is 262 cm³/mol. The number of unbranched alkanes of at least 4 members (excludes halogenated alkanes) is 6. The fourth-order valence-electron chi connectivity index (χ4n) is 10.4. The van der Waals surface area contributed by atoms with Gasteiger partial charge in [-0.25, -0.2) is 9.59 Å². The Morgan fingerprint density at radius 1 is 0.708 bits per heavy atom. The van der Waals surface area contributed by atoms with Crippen LogP contribution >= 0.6 is 44.6 Å². The van der Waals surface area contributed by atoms with Crippen LogP contribution in [0.1, 0.15) is 193 Å². The fourth-order valence-corrected chi connectivity index (χ4v) is 11.4. The first kappa shape index (κ1) is 54.8. The highest BCUT2D eigenvalue weighted by molar-refractivity contribution is 8.31. The standard InChI is InChI=1S/C25H34Cl2O4.C25H36O4.Cl2O2S/c1-6-7-8-9-12-24(2,3)18-19(26)21(28)17-15-13-14(23(29)30)10-11-16(15)25(4,5)31-22(17)20(18)27;1-6-7-8-9-12-24(2,3)17-14-20(26)22-18-13-16(23(27)28)10-11-19(18)25(4,5)29-21(22)15-17;1-5(2,3)4/h10,15-16,28H,6-9,11-13H2,1-5H3,(H,29,30);10,14-15,18-19,26H,6-9,11-13H2,1-5H3,(H,27,28);/t15-,16-;18-,19-;/m11./s1. The molecule has 2 aliphatic carbocycles. The maximum Gasteiger partial charge on any atom is 0.331 e. The molecular weight excluding hydrogens is 934 g/mol. The maximum absolute atomic E-state index is 11.6. The van der Waals surface area contributed by atoms with Gasteiger partial charge in [-0.15, -0.1) is 0 Å². The lowest BCUT2D eigenvalue weighted by molar-refractivity contribution is -0.134. The van der Waals surface area contributed by atoms with Crippen LogP contribution in [0.2, 0.25) is 10.0 Å². The van der Waals surface area contributed by atoms with E-state index in [1.54, 1.807) is 6.08 Å². The minimum absolute atomic E-state index is 0.0187. The largest absolute Gasteiger partial charge is 0.508 e. The van der Waals surface area contributed by atoms with E-state index in [0.717, 1.165) is 42.6 Å². The Bertz CT molecular complexity index is 2240. The van der Waals surface area contributed by atoms with Gasteiger partial charge in [0.1, 0.15) is 34.2 Å². The summed E-state index contributed by atoms with van der Waals surface area (Å²) in [5.41, 5.74) is 2.59. The van der Waals surface area contributed by atoms with E-state index in [9.17, 15) is 30.0 Å². The molecule has 2 aromatic rings. The second-order valence-corrected chi connectivity index (χ2v) is 25.0. The average Bonchev–Trinajstić information content (AvgIpc) is 3.19. The van der Waals surface area contributed by atoms with E-state index >= 15 is 0 Å². The molecule has 10 nitrogen and oxygen atoms in total. The molecule has 0 amide bonds. The van der Waals surface area contributed by atoms with Crippen LogP contribution in [0.3, 0.4) is 0 Å². The lowest BCUT2D eigenvalue weighted by Gasteiger charge is -2.47. The zero-order valence-corrected chi connectivity index (χ0v) is 43.5. The summed E-state index contributed by atoms with van der Waals surface area (Å²) in [4.78, 5) is 23.2. The van der Waals surface area contributed by atoms with Crippen LogP contribution in [0.4, 0.5) is 0 Å². The van der Waals surface area contributed by atoms with Gasteiger partial charge < -0.3 is 29.9 Å². The number of hydrogen-bond donors (Lipinski definition) is 4. The summed E-state index contributed by atoms with van der Waals surface area (Å²) in [7, 11) is 4.81. The summed E-state index contributed by atoms with van der Waals surface area (Å²) < 4.78 is 31.1. The van der Waals surface area contributed by atoms with Gasteiger partial charge in [0.05, 0.1) is 10.0 Å². The van der Waals surface area contributed by atoms with Crippen molar-refractivity contribution in [2.75, 3.05) is 0 Å². The minimum Gasteiger partial charge on any atom is -0.508 e. The molecule has 4 N–H and O–H groups in total. The molecule has 6 rings (SSSR count). The molecular formula is C50H70Cl4O10S. The van der Waals surface area contributed by atoms with Gasteiger partial charge in [-0.05, 0) is 94.7 Å². The van der Waals surface area contributed by atoms with Gasteiger partial charge in [0, 0.05) is 72.9 Å². The molecule has 0 bridgehead atoms. The Kier molecular flexibility index (Phi) is 18.2. The highest BCUT2D eigenvalue weighted by atomic mass is 36.0.